The van der Waals surface area contributed by atoms with E-state index in [4.69, 9.17) is 16.9 Å². The Labute approximate surface area is 80.7 Å². The Balaban J connectivity index is 2.71. The van der Waals surface area contributed by atoms with Gasteiger partial charge in [0.25, 0.3) is 0 Å². The summed E-state index contributed by atoms with van der Waals surface area (Å²) >= 11 is 5.75. The van der Waals surface area contributed by atoms with Gasteiger partial charge < -0.3 is 0 Å². The van der Waals surface area contributed by atoms with Gasteiger partial charge in [0.05, 0.1) is 5.02 Å². The zero-order valence-electron chi connectivity index (χ0n) is 6.90. The van der Waals surface area contributed by atoms with Crippen LogP contribution in [0, 0.1) is 17.1 Å². The van der Waals surface area contributed by atoms with Crippen LogP contribution in [-0.4, -0.2) is 0 Å². The van der Waals surface area contributed by atoms with Crippen LogP contribution in [0.2, 0.25) is 5.02 Å². The molecule has 0 N–H and O–H groups in total. The Morgan fingerprint density at radius 3 is 2.92 bits per heavy atom. The smallest absolute Gasteiger partial charge is 0.145 e. The van der Waals surface area contributed by atoms with Crippen molar-refractivity contribution in [3.8, 4) is 6.07 Å². The van der Waals surface area contributed by atoms with Gasteiger partial charge in [0.2, 0.25) is 0 Å². The largest absolute Gasteiger partial charge is 0.205 e. The van der Waals surface area contributed by atoms with Crippen LogP contribution in [0.1, 0.15) is 23.1 Å². The van der Waals surface area contributed by atoms with E-state index in [0.29, 0.717) is 5.56 Å². The SMILES string of the molecule is N#Cc1c(Cl)cc2c(c1F)CCC2. The van der Waals surface area contributed by atoms with Gasteiger partial charge >= 0.3 is 0 Å². The third-order valence-electron chi connectivity index (χ3n) is 2.40. The third-order valence-corrected chi connectivity index (χ3v) is 2.69. The maximum atomic E-state index is 13.5. The van der Waals surface area contributed by atoms with E-state index in [2.05, 4.69) is 0 Å². The van der Waals surface area contributed by atoms with E-state index in [-0.39, 0.29) is 10.6 Å². The molecular weight excluding hydrogens is 189 g/mol. The second-order valence-corrected chi connectivity index (χ2v) is 3.56. The Bertz CT molecular complexity index is 406. The fourth-order valence-corrected chi connectivity index (χ4v) is 2.02. The molecule has 0 heterocycles. The van der Waals surface area contributed by atoms with E-state index in [1.165, 1.54) is 0 Å². The first-order chi connectivity index (χ1) is 6.24. The van der Waals surface area contributed by atoms with E-state index in [1.807, 2.05) is 0 Å². The number of rotatable bonds is 0. The average molecular weight is 196 g/mol. The Morgan fingerprint density at radius 1 is 1.46 bits per heavy atom. The Kier molecular flexibility index (Phi) is 1.97. The van der Waals surface area contributed by atoms with Crippen molar-refractivity contribution in [2.45, 2.75) is 19.3 Å². The van der Waals surface area contributed by atoms with Gasteiger partial charge in [-0.15, -0.1) is 0 Å². The molecule has 0 saturated carbocycles. The van der Waals surface area contributed by atoms with Crippen LogP contribution in [0.4, 0.5) is 4.39 Å². The van der Waals surface area contributed by atoms with E-state index < -0.39 is 5.82 Å². The number of hydrogen-bond acceptors (Lipinski definition) is 1. The predicted molar refractivity (Wildman–Crippen MR) is 48.2 cm³/mol. The molecule has 1 aromatic carbocycles. The molecule has 0 fully saturated rings. The quantitative estimate of drug-likeness (QED) is 0.625. The summed E-state index contributed by atoms with van der Waals surface area (Å²) in [5, 5.41) is 8.89. The van der Waals surface area contributed by atoms with Gasteiger partial charge in [-0.3, -0.25) is 0 Å². The molecule has 0 atom stereocenters. The second kappa shape index (κ2) is 3.01. The number of nitriles is 1. The van der Waals surface area contributed by atoms with Crippen LogP contribution in [0.5, 0.6) is 0 Å². The molecule has 3 heteroatoms. The highest BCUT2D eigenvalue weighted by atomic mass is 35.5. The second-order valence-electron chi connectivity index (χ2n) is 3.15. The first-order valence-electron chi connectivity index (χ1n) is 4.14. The molecule has 0 radical (unpaired) electrons. The molecule has 1 aliphatic rings. The Morgan fingerprint density at radius 2 is 2.23 bits per heavy atom. The predicted octanol–water partition coefficient (Wildman–Crippen LogP) is 2.84. The summed E-state index contributed by atoms with van der Waals surface area (Å²) in [5.41, 5.74) is 1.63. The van der Waals surface area contributed by atoms with Crippen LogP contribution in [0.25, 0.3) is 0 Å². The lowest BCUT2D eigenvalue weighted by molar-refractivity contribution is 0.609. The molecule has 0 unspecified atom stereocenters. The van der Waals surface area contributed by atoms with Gasteiger partial charge in [-0.1, -0.05) is 11.6 Å². The minimum atomic E-state index is -0.414. The van der Waals surface area contributed by atoms with E-state index >= 15 is 0 Å². The molecular formula is C10H7ClFN. The Hall–Kier alpha value is -1.07. The van der Waals surface area contributed by atoms with E-state index in [9.17, 15) is 4.39 Å². The molecule has 0 saturated heterocycles. The minimum Gasteiger partial charge on any atom is -0.205 e. The number of benzene rings is 1. The summed E-state index contributed by atoms with van der Waals surface area (Å²) in [5.74, 6) is -0.414. The van der Waals surface area contributed by atoms with Crippen LogP contribution in [-0.2, 0) is 12.8 Å². The van der Waals surface area contributed by atoms with Gasteiger partial charge in [-0.25, -0.2) is 4.39 Å². The normalized spacial score (nSPS) is 13.9. The molecule has 0 spiro atoms. The van der Waals surface area contributed by atoms with Crippen molar-refractivity contribution in [3.05, 3.63) is 33.6 Å². The lowest BCUT2D eigenvalue weighted by Gasteiger charge is -2.04. The van der Waals surface area contributed by atoms with Gasteiger partial charge in [0, 0.05) is 0 Å². The highest BCUT2D eigenvalue weighted by Gasteiger charge is 2.20. The first kappa shape index (κ1) is 8.52. The van der Waals surface area contributed by atoms with Crippen molar-refractivity contribution < 1.29 is 4.39 Å². The van der Waals surface area contributed by atoms with Crippen molar-refractivity contribution >= 4 is 11.6 Å². The fraction of sp³-hybridized carbons (Fsp3) is 0.300. The molecule has 1 aliphatic carbocycles. The van der Waals surface area contributed by atoms with Crippen LogP contribution in [0.15, 0.2) is 6.07 Å². The van der Waals surface area contributed by atoms with Crippen molar-refractivity contribution in [2.24, 2.45) is 0 Å². The molecule has 1 aromatic rings. The molecule has 0 amide bonds. The number of aryl methyl sites for hydroxylation is 1. The number of nitrogens with zero attached hydrogens (tertiary/aromatic N) is 1. The summed E-state index contributed by atoms with van der Waals surface area (Å²) in [6.07, 6.45) is 2.56. The molecule has 2 rings (SSSR count). The summed E-state index contributed by atoms with van der Waals surface area (Å²) in [7, 11) is 0. The molecule has 0 aromatic heterocycles. The summed E-state index contributed by atoms with van der Waals surface area (Å²) in [6.45, 7) is 0. The van der Waals surface area contributed by atoms with E-state index in [1.54, 1.807) is 12.1 Å². The van der Waals surface area contributed by atoms with E-state index in [0.717, 1.165) is 24.8 Å². The van der Waals surface area contributed by atoms with Crippen molar-refractivity contribution in [3.63, 3.8) is 0 Å². The first-order valence-corrected chi connectivity index (χ1v) is 4.51. The fourth-order valence-electron chi connectivity index (χ4n) is 1.76. The van der Waals surface area contributed by atoms with Crippen molar-refractivity contribution in [1.82, 2.24) is 0 Å². The highest BCUT2D eigenvalue weighted by molar-refractivity contribution is 6.31. The third kappa shape index (κ3) is 1.20. The summed E-state index contributed by atoms with van der Waals surface area (Å²) < 4.78 is 13.5. The van der Waals surface area contributed by atoms with Gasteiger partial charge in [0.1, 0.15) is 17.4 Å². The highest BCUT2D eigenvalue weighted by Crippen LogP contribution is 2.31. The standard InChI is InChI=1S/C10H7ClFN/c11-9-4-6-2-1-3-7(6)10(12)8(9)5-13/h4H,1-3H2. The van der Waals surface area contributed by atoms with Gasteiger partial charge in [0.15, 0.2) is 0 Å². The molecule has 0 bridgehead atoms. The monoisotopic (exact) mass is 195 g/mol. The number of fused-ring (bicyclic) bond motifs is 1. The van der Waals surface area contributed by atoms with Gasteiger partial charge in [-0.2, -0.15) is 5.26 Å². The molecule has 13 heavy (non-hydrogen) atoms. The van der Waals surface area contributed by atoms with Crippen molar-refractivity contribution in [1.29, 1.82) is 5.26 Å². The lowest BCUT2D eigenvalue weighted by Crippen LogP contribution is -1.94. The van der Waals surface area contributed by atoms with Crippen LogP contribution in [0.3, 0.4) is 0 Å². The number of halogens is 2. The summed E-state index contributed by atoms with van der Waals surface area (Å²) in [4.78, 5) is 0. The molecule has 66 valence electrons. The maximum Gasteiger partial charge on any atom is 0.145 e. The zero-order valence-corrected chi connectivity index (χ0v) is 7.66. The maximum absolute atomic E-state index is 13.5. The summed E-state index contributed by atoms with van der Waals surface area (Å²) in [6, 6.07) is 3.50. The number of hydrogen-bond donors (Lipinski definition) is 0. The topological polar surface area (TPSA) is 23.8 Å². The average Bonchev–Trinajstić information content (AvgIpc) is 2.53. The van der Waals surface area contributed by atoms with Crippen LogP contribution < -0.4 is 0 Å². The van der Waals surface area contributed by atoms with Gasteiger partial charge in [-0.05, 0) is 36.5 Å². The minimum absolute atomic E-state index is 0.0117. The molecule has 0 aliphatic heterocycles. The van der Waals surface area contributed by atoms with Crippen LogP contribution >= 0.6 is 11.6 Å². The molecule has 1 nitrogen and oxygen atoms in total. The zero-order chi connectivity index (χ0) is 9.42. The lowest BCUT2D eigenvalue weighted by atomic mass is 10.1. The van der Waals surface area contributed by atoms with Crippen molar-refractivity contribution in [2.75, 3.05) is 0 Å².